The van der Waals surface area contributed by atoms with Crippen LogP contribution in [0, 0.1) is 34.9 Å². The molecule has 6 unspecified atom stereocenters. The molecule has 7 heteroatoms. The third kappa shape index (κ3) is 3.69. The molecule has 6 rings (SSSR count). The Labute approximate surface area is 205 Å². The molecular weight excluding hydrogens is 473 g/mol. The molecule has 34 heavy (non-hydrogen) atoms. The topological polar surface area (TPSA) is 54.5 Å². The van der Waals surface area contributed by atoms with Gasteiger partial charge in [0.25, 0.3) is 0 Å². The zero-order valence-electron chi connectivity index (χ0n) is 19.2. The first-order valence-electron chi connectivity index (χ1n) is 12.3. The predicted octanol–water partition coefficient (Wildman–Crippen LogP) is 5.67. The average molecular weight is 502 g/mol. The number of carbonyl (C=O) groups is 1. The summed E-state index contributed by atoms with van der Waals surface area (Å²) in [6.07, 6.45) is 5.22. The van der Waals surface area contributed by atoms with Gasteiger partial charge in [-0.1, -0.05) is 30.7 Å². The van der Waals surface area contributed by atoms with Gasteiger partial charge < -0.3 is 4.90 Å². The van der Waals surface area contributed by atoms with Crippen LogP contribution in [0.25, 0.3) is 0 Å². The van der Waals surface area contributed by atoms with Crippen LogP contribution < -0.4 is 0 Å². The van der Waals surface area contributed by atoms with Crippen LogP contribution in [-0.4, -0.2) is 31.0 Å². The highest BCUT2D eigenvalue weighted by Gasteiger charge is 2.77. The van der Waals surface area contributed by atoms with E-state index in [0.717, 1.165) is 43.4 Å². The zero-order valence-corrected chi connectivity index (χ0v) is 20.7. The van der Waals surface area contributed by atoms with Crippen molar-refractivity contribution in [1.82, 2.24) is 4.90 Å². The number of benzene rings is 2. The fourth-order valence-corrected chi connectivity index (χ4v) is 8.40. The van der Waals surface area contributed by atoms with Crippen LogP contribution in [0.1, 0.15) is 50.6 Å². The molecule has 0 bridgehead atoms. The lowest BCUT2D eigenvalue weighted by Crippen LogP contribution is -2.47. The highest BCUT2D eigenvalue weighted by atomic mass is 35.5. The summed E-state index contributed by atoms with van der Waals surface area (Å²) in [6, 6.07) is 12.3. The Balaban J connectivity index is 1.34. The van der Waals surface area contributed by atoms with Gasteiger partial charge >= 0.3 is 0 Å². The monoisotopic (exact) mass is 501 g/mol. The second-order valence-electron chi connectivity index (χ2n) is 10.9. The van der Waals surface area contributed by atoms with Gasteiger partial charge in [0.05, 0.1) is 10.9 Å². The number of hydrogen-bond donors (Lipinski definition) is 0. The molecule has 4 fully saturated rings. The second kappa shape index (κ2) is 7.79. The van der Waals surface area contributed by atoms with Crippen LogP contribution in [0.15, 0.2) is 53.4 Å². The molecule has 0 aromatic heterocycles. The summed E-state index contributed by atoms with van der Waals surface area (Å²) in [5.41, 5.74) is 1.54. The smallest absolute Gasteiger partial charge is 0.238 e. The van der Waals surface area contributed by atoms with Crippen LogP contribution in [-0.2, 0) is 14.6 Å². The largest absolute Gasteiger partial charge is 0.331 e. The van der Waals surface area contributed by atoms with E-state index in [2.05, 4.69) is 6.92 Å². The third-order valence-electron chi connectivity index (χ3n) is 9.06. The number of amides is 1. The van der Waals surface area contributed by atoms with Gasteiger partial charge in [-0.25, -0.2) is 12.8 Å². The van der Waals surface area contributed by atoms with Crippen molar-refractivity contribution >= 4 is 27.3 Å². The Kier molecular flexibility index (Phi) is 5.16. The Bertz CT molecular complexity index is 1230. The van der Waals surface area contributed by atoms with Crippen molar-refractivity contribution in [3.05, 3.63) is 64.9 Å². The maximum Gasteiger partial charge on any atom is 0.238 e. The minimum Gasteiger partial charge on any atom is -0.331 e. The van der Waals surface area contributed by atoms with Crippen molar-refractivity contribution in [2.45, 2.75) is 56.0 Å². The first-order chi connectivity index (χ1) is 16.2. The third-order valence-corrected chi connectivity index (χ3v) is 10.9. The van der Waals surface area contributed by atoms with Crippen molar-refractivity contribution in [2.24, 2.45) is 29.1 Å². The lowest BCUT2D eigenvalue weighted by atomic mass is 9.90. The molecule has 1 amide bonds. The number of halogens is 2. The van der Waals surface area contributed by atoms with E-state index >= 15 is 0 Å². The van der Waals surface area contributed by atoms with E-state index in [1.807, 2.05) is 29.2 Å². The Morgan fingerprint density at radius 2 is 1.79 bits per heavy atom. The Morgan fingerprint density at radius 1 is 1.12 bits per heavy atom. The van der Waals surface area contributed by atoms with Crippen LogP contribution in [0.2, 0.25) is 5.02 Å². The van der Waals surface area contributed by atoms with Gasteiger partial charge in [-0.05, 0) is 103 Å². The van der Waals surface area contributed by atoms with Gasteiger partial charge in [0.1, 0.15) is 11.6 Å². The van der Waals surface area contributed by atoms with E-state index in [-0.39, 0.29) is 22.9 Å². The average Bonchev–Trinajstić information content (AvgIpc) is 3.70. The van der Waals surface area contributed by atoms with Gasteiger partial charge in [-0.2, -0.15) is 0 Å². The van der Waals surface area contributed by atoms with Gasteiger partial charge in [0, 0.05) is 11.1 Å². The van der Waals surface area contributed by atoms with E-state index in [1.54, 1.807) is 0 Å². The van der Waals surface area contributed by atoms with Crippen molar-refractivity contribution in [1.29, 1.82) is 0 Å². The molecule has 180 valence electrons. The molecule has 2 aromatic carbocycles. The van der Waals surface area contributed by atoms with Gasteiger partial charge in [-0.15, -0.1) is 0 Å². The van der Waals surface area contributed by atoms with Gasteiger partial charge in [0.15, 0.2) is 9.84 Å². The summed E-state index contributed by atoms with van der Waals surface area (Å²) >= 11 is 6.15. The maximum atomic E-state index is 13.9. The first kappa shape index (κ1) is 22.5. The number of sulfone groups is 1. The maximum absolute atomic E-state index is 13.9. The lowest BCUT2D eigenvalue weighted by molar-refractivity contribution is -0.135. The van der Waals surface area contributed by atoms with Gasteiger partial charge in [-0.3, -0.25) is 4.79 Å². The Hall–Kier alpha value is -1.92. The summed E-state index contributed by atoms with van der Waals surface area (Å²) in [4.78, 5) is 15.8. The molecule has 4 aliphatic carbocycles. The highest BCUT2D eigenvalue weighted by Crippen LogP contribution is 2.83. The Morgan fingerprint density at radius 3 is 2.41 bits per heavy atom. The van der Waals surface area contributed by atoms with Crippen LogP contribution in [0.4, 0.5) is 4.39 Å². The molecule has 0 saturated heterocycles. The van der Waals surface area contributed by atoms with Crippen molar-refractivity contribution in [3.8, 4) is 0 Å². The molecule has 6 atom stereocenters. The number of nitrogens with zero attached hydrogens (tertiary/aromatic N) is 1. The minimum absolute atomic E-state index is 0.0164. The summed E-state index contributed by atoms with van der Waals surface area (Å²) in [7, 11) is -3.88. The molecular formula is C27H29ClFNO3S. The highest BCUT2D eigenvalue weighted by molar-refractivity contribution is 7.92. The van der Waals surface area contributed by atoms with Crippen LogP contribution in [0.5, 0.6) is 0 Å². The van der Waals surface area contributed by atoms with Crippen molar-refractivity contribution in [3.63, 3.8) is 0 Å². The molecule has 0 N–H and O–H groups in total. The normalized spacial score (nSPS) is 32.3. The second-order valence-corrected chi connectivity index (χ2v) is 13.3. The molecule has 0 aliphatic heterocycles. The van der Waals surface area contributed by atoms with E-state index in [1.165, 1.54) is 18.6 Å². The molecule has 0 radical (unpaired) electrons. The van der Waals surface area contributed by atoms with Crippen molar-refractivity contribution < 1.29 is 17.6 Å². The summed E-state index contributed by atoms with van der Waals surface area (Å²) in [6.45, 7) is 2.33. The summed E-state index contributed by atoms with van der Waals surface area (Å²) < 4.78 is 39.6. The first-order valence-corrected chi connectivity index (χ1v) is 14.3. The summed E-state index contributed by atoms with van der Waals surface area (Å²) in [5, 5.41) is 0.641. The minimum atomic E-state index is -3.88. The fraction of sp³-hybridized carbons (Fsp3) is 0.519. The lowest BCUT2D eigenvalue weighted by Gasteiger charge is -2.40. The van der Waals surface area contributed by atoms with Gasteiger partial charge in [0.2, 0.25) is 5.91 Å². The van der Waals surface area contributed by atoms with Crippen LogP contribution in [0.3, 0.4) is 0 Å². The van der Waals surface area contributed by atoms with E-state index in [4.69, 9.17) is 11.6 Å². The van der Waals surface area contributed by atoms with E-state index in [9.17, 15) is 17.6 Å². The number of rotatable bonds is 7. The molecule has 0 heterocycles. The molecule has 1 spiro atoms. The number of hydrogen-bond acceptors (Lipinski definition) is 3. The molecule has 2 aromatic rings. The number of carbonyl (C=O) groups excluding carboxylic acids is 1. The quantitative estimate of drug-likeness (QED) is 0.459. The zero-order chi connectivity index (χ0) is 23.8. The molecule has 4 saturated carbocycles. The fourth-order valence-electron chi connectivity index (χ4n) is 7.09. The predicted molar refractivity (Wildman–Crippen MR) is 128 cm³/mol. The van der Waals surface area contributed by atoms with E-state index in [0.29, 0.717) is 34.1 Å². The molecule has 4 nitrogen and oxygen atoms in total. The van der Waals surface area contributed by atoms with E-state index < -0.39 is 21.4 Å². The SMILES string of the molecule is CC1C2CC(N(C(=O)CS(=O)(=O)c3ccc(F)cc3)C(c3ccc(Cl)cc3)C3CC3)CC3CC312. The molecule has 4 aliphatic rings. The standard InChI is InChI=1S/C27H29ClFNO3S/c1-16-24-13-22(12-19-14-27(16,19)24)30(26(17-2-3-17)18-4-6-20(28)7-5-18)25(31)15-34(32,33)23-10-8-21(29)9-11-23/h4-11,16-17,19,22,24,26H,2-3,12-15H2,1H3. The van der Waals surface area contributed by atoms with Crippen LogP contribution >= 0.6 is 11.6 Å². The van der Waals surface area contributed by atoms with Crippen molar-refractivity contribution in [2.75, 3.05) is 5.75 Å². The summed E-state index contributed by atoms with van der Waals surface area (Å²) in [5.74, 6) is 0.894.